The molecule has 0 atom stereocenters. The van der Waals surface area contributed by atoms with Crippen molar-refractivity contribution in [3.63, 3.8) is 0 Å². The summed E-state index contributed by atoms with van der Waals surface area (Å²) >= 11 is 0. The minimum atomic E-state index is -0.718. The molecule has 1 aliphatic rings. The van der Waals surface area contributed by atoms with Gasteiger partial charge in [0.05, 0.1) is 10.5 Å². The number of aromatic nitrogens is 2. The zero-order chi connectivity index (χ0) is 13.3. The van der Waals surface area contributed by atoms with Crippen LogP contribution in [0.2, 0.25) is 0 Å². The molecule has 1 saturated carbocycles. The lowest BCUT2D eigenvalue weighted by Crippen LogP contribution is -2.43. The van der Waals surface area contributed by atoms with Gasteiger partial charge in [-0.2, -0.15) is 5.10 Å². The van der Waals surface area contributed by atoms with Gasteiger partial charge >= 0.3 is 5.69 Å². The number of rotatable bonds is 5. The van der Waals surface area contributed by atoms with Crippen molar-refractivity contribution in [1.82, 2.24) is 9.78 Å². The third kappa shape index (κ3) is 2.17. The zero-order valence-corrected chi connectivity index (χ0v) is 10.6. The Kier molecular flexibility index (Phi) is 3.25. The van der Waals surface area contributed by atoms with Gasteiger partial charge in [-0.25, -0.2) is 4.68 Å². The standard InChI is InChI=1S/C11H18N4O3/c1-3-8-9(15(17)18)10(14(2)13-8)12-7-11(16)5-4-6-11/h12,16H,3-7H2,1-2H3. The van der Waals surface area contributed by atoms with Crippen LogP contribution in [0.5, 0.6) is 0 Å². The van der Waals surface area contributed by atoms with Crippen LogP contribution in [0.1, 0.15) is 31.9 Å². The smallest absolute Gasteiger partial charge is 0.333 e. The van der Waals surface area contributed by atoms with Crippen molar-refractivity contribution in [2.24, 2.45) is 7.05 Å². The molecule has 0 aromatic carbocycles. The average Bonchev–Trinajstić information content (AvgIpc) is 2.60. The molecule has 0 amide bonds. The molecule has 18 heavy (non-hydrogen) atoms. The largest absolute Gasteiger partial charge is 0.388 e. The second-order valence-electron chi connectivity index (χ2n) is 4.81. The van der Waals surface area contributed by atoms with Crippen molar-refractivity contribution in [3.8, 4) is 0 Å². The summed E-state index contributed by atoms with van der Waals surface area (Å²) in [6, 6.07) is 0. The molecule has 0 radical (unpaired) electrons. The summed E-state index contributed by atoms with van der Waals surface area (Å²) < 4.78 is 1.47. The van der Waals surface area contributed by atoms with Crippen molar-refractivity contribution in [2.45, 2.75) is 38.2 Å². The van der Waals surface area contributed by atoms with Crippen LogP contribution in [-0.4, -0.2) is 32.0 Å². The van der Waals surface area contributed by atoms with E-state index in [1.54, 1.807) is 7.05 Å². The number of aryl methyl sites for hydroxylation is 2. The Hall–Kier alpha value is -1.63. The molecule has 0 unspecified atom stereocenters. The zero-order valence-electron chi connectivity index (χ0n) is 10.6. The van der Waals surface area contributed by atoms with Gasteiger partial charge in [-0.05, 0) is 25.7 Å². The first-order valence-electron chi connectivity index (χ1n) is 6.13. The third-order valence-electron chi connectivity index (χ3n) is 3.48. The van der Waals surface area contributed by atoms with E-state index in [1.807, 2.05) is 6.92 Å². The fourth-order valence-electron chi connectivity index (χ4n) is 2.21. The van der Waals surface area contributed by atoms with Crippen molar-refractivity contribution in [3.05, 3.63) is 15.8 Å². The van der Waals surface area contributed by atoms with E-state index in [9.17, 15) is 15.2 Å². The number of nitrogens with zero attached hydrogens (tertiary/aromatic N) is 3. The van der Waals surface area contributed by atoms with Crippen molar-refractivity contribution >= 4 is 11.5 Å². The Bertz CT molecular complexity index is 465. The third-order valence-corrected chi connectivity index (χ3v) is 3.48. The van der Waals surface area contributed by atoms with Crippen molar-refractivity contribution in [2.75, 3.05) is 11.9 Å². The van der Waals surface area contributed by atoms with E-state index < -0.39 is 10.5 Å². The highest BCUT2D eigenvalue weighted by Gasteiger charge is 2.35. The lowest BCUT2D eigenvalue weighted by molar-refractivity contribution is -0.384. The van der Waals surface area contributed by atoms with Gasteiger partial charge in [0.15, 0.2) is 0 Å². The predicted octanol–water partition coefficient (Wildman–Crippen LogP) is 1.22. The molecule has 1 heterocycles. The molecule has 1 aromatic rings. The van der Waals surface area contributed by atoms with Crippen LogP contribution in [0.3, 0.4) is 0 Å². The van der Waals surface area contributed by atoms with E-state index >= 15 is 0 Å². The summed E-state index contributed by atoms with van der Waals surface area (Å²) in [7, 11) is 1.67. The van der Waals surface area contributed by atoms with Gasteiger partial charge in [0.1, 0.15) is 5.69 Å². The summed E-state index contributed by atoms with van der Waals surface area (Å²) in [4.78, 5) is 10.7. The average molecular weight is 254 g/mol. The van der Waals surface area contributed by atoms with Crippen LogP contribution in [0.15, 0.2) is 0 Å². The normalized spacial score (nSPS) is 17.3. The van der Waals surface area contributed by atoms with Crippen LogP contribution < -0.4 is 5.32 Å². The lowest BCUT2D eigenvalue weighted by Gasteiger charge is -2.36. The molecule has 2 N–H and O–H groups in total. The van der Waals surface area contributed by atoms with Gasteiger partial charge in [0, 0.05) is 13.6 Å². The summed E-state index contributed by atoms with van der Waals surface area (Å²) in [6.45, 7) is 2.16. The molecular formula is C11H18N4O3. The van der Waals surface area contributed by atoms with Gasteiger partial charge in [-0.15, -0.1) is 0 Å². The van der Waals surface area contributed by atoms with Gasteiger partial charge in [0.25, 0.3) is 0 Å². The SMILES string of the molecule is CCc1nn(C)c(NCC2(O)CCC2)c1[N+](=O)[O-]. The first-order valence-corrected chi connectivity index (χ1v) is 6.13. The van der Waals surface area contributed by atoms with Crippen LogP contribution in [0, 0.1) is 10.1 Å². The van der Waals surface area contributed by atoms with E-state index in [4.69, 9.17) is 0 Å². The fraction of sp³-hybridized carbons (Fsp3) is 0.727. The topological polar surface area (TPSA) is 93.2 Å². The predicted molar refractivity (Wildman–Crippen MR) is 66.5 cm³/mol. The maximum Gasteiger partial charge on any atom is 0.333 e. The fourth-order valence-corrected chi connectivity index (χ4v) is 2.21. The molecule has 0 saturated heterocycles. The molecule has 1 aliphatic carbocycles. The number of nitrogens with one attached hydrogen (secondary N) is 1. The highest BCUT2D eigenvalue weighted by Crippen LogP contribution is 2.34. The molecule has 1 fully saturated rings. The summed E-state index contributed by atoms with van der Waals surface area (Å²) in [5.41, 5.74) is -0.238. The molecule has 0 spiro atoms. The second-order valence-corrected chi connectivity index (χ2v) is 4.81. The maximum absolute atomic E-state index is 11.1. The second kappa shape index (κ2) is 4.56. The molecule has 0 bridgehead atoms. The van der Waals surface area contributed by atoms with Crippen molar-refractivity contribution < 1.29 is 10.0 Å². The van der Waals surface area contributed by atoms with Crippen LogP contribution >= 0.6 is 0 Å². The first-order chi connectivity index (χ1) is 8.47. The van der Waals surface area contributed by atoms with Crippen LogP contribution in [-0.2, 0) is 13.5 Å². The summed E-state index contributed by atoms with van der Waals surface area (Å²) in [5.74, 6) is 0.372. The molecule has 0 aliphatic heterocycles. The summed E-state index contributed by atoms with van der Waals surface area (Å²) in [5, 5.41) is 28.2. The Labute approximate surface area is 105 Å². The maximum atomic E-state index is 11.1. The Balaban J connectivity index is 2.20. The first kappa shape index (κ1) is 12.8. The highest BCUT2D eigenvalue weighted by atomic mass is 16.6. The Morgan fingerprint density at radius 2 is 2.28 bits per heavy atom. The Morgan fingerprint density at radius 1 is 1.61 bits per heavy atom. The number of hydrogen-bond donors (Lipinski definition) is 2. The van der Waals surface area contributed by atoms with E-state index in [2.05, 4.69) is 10.4 Å². The lowest BCUT2D eigenvalue weighted by atomic mass is 9.80. The monoisotopic (exact) mass is 254 g/mol. The minimum absolute atomic E-state index is 0.0166. The van der Waals surface area contributed by atoms with Crippen LogP contribution in [0.4, 0.5) is 11.5 Å². The molecule has 100 valence electrons. The van der Waals surface area contributed by atoms with Gasteiger partial charge < -0.3 is 10.4 Å². The number of nitro groups is 1. The van der Waals surface area contributed by atoms with E-state index in [1.165, 1.54) is 4.68 Å². The number of hydrogen-bond acceptors (Lipinski definition) is 5. The van der Waals surface area contributed by atoms with Crippen molar-refractivity contribution in [1.29, 1.82) is 0 Å². The molecule has 1 aromatic heterocycles. The van der Waals surface area contributed by atoms with E-state index in [-0.39, 0.29) is 5.69 Å². The minimum Gasteiger partial charge on any atom is -0.388 e. The molecule has 7 nitrogen and oxygen atoms in total. The van der Waals surface area contributed by atoms with Gasteiger partial charge in [0.2, 0.25) is 5.82 Å². The number of aliphatic hydroxyl groups is 1. The molecule has 2 rings (SSSR count). The molecular weight excluding hydrogens is 236 g/mol. The Morgan fingerprint density at radius 3 is 2.72 bits per heavy atom. The van der Waals surface area contributed by atoms with E-state index in [0.717, 1.165) is 19.3 Å². The summed E-state index contributed by atoms with van der Waals surface area (Å²) in [6.07, 6.45) is 3.00. The van der Waals surface area contributed by atoms with Crippen LogP contribution in [0.25, 0.3) is 0 Å². The van der Waals surface area contributed by atoms with Gasteiger partial charge in [-0.3, -0.25) is 10.1 Å². The molecule has 7 heteroatoms. The van der Waals surface area contributed by atoms with E-state index in [0.29, 0.717) is 24.5 Å². The quantitative estimate of drug-likeness (QED) is 0.608. The number of anilines is 1. The van der Waals surface area contributed by atoms with Gasteiger partial charge in [-0.1, -0.05) is 6.92 Å². The highest BCUT2D eigenvalue weighted by molar-refractivity contribution is 5.60.